The predicted molar refractivity (Wildman–Crippen MR) is 131 cm³/mol. The standard InChI is InChI=1S/C26H34N2O7/c1-26(2,3)35-25(31)28-19(15-17-11-7-9-13-21(17)32-4)23(29)27-20(24(30)34-6)16-18-12-8-10-14-22(18)33-5/h7-14,19-20H,15-16H2,1-6H3,(H,27,29)(H,28,31)/t19-,20-/m0/s1. The number of methoxy groups -OCH3 is 3. The monoisotopic (exact) mass is 486 g/mol. The largest absolute Gasteiger partial charge is 0.496 e. The van der Waals surface area contributed by atoms with Gasteiger partial charge in [0, 0.05) is 12.8 Å². The number of amides is 2. The summed E-state index contributed by atoms with van der Waals surface area (Å²) >= 11 is 0. The molecule has 0 aliphatic carbocycles. The molecule has 0 heterocycles. The number of carbonyl (C=O) groups excluding carboxylic acids is 3. The molecule has 0 aliphatic rings. The normalized spacial score (nSPS) is 12.6. The Balaban J connectivity index is 2.30. The van der Waals surface area contributed by atoms with E-state index in [9.17, 15) is 14.4 Å². The van der Waals surface area contributed by atoms with Crippen molar-refractivity contribution in [2.75, 3.05) is 21.3 Å². The highest BCUT2D eigenvalue weighted by Gasteiger charge is 2.30. The van der Waals surface area contributed by atoms with Gasteiger partial charge in [-0.3, -0.25) is 4.79 Å². The van der Waals surface area contributed by atoms with E-state index >= 15 is 0 Å². The summed E-state index contributed by atoms with van der Waals surface area (Å²) in [6, 6.07) is 12.3. The van der Waals surface area contributed by atoms with E-state index in [1.807, 2.05) is 12.1 Å². The number of esters is 1. The second kappa shape index (κ2) is 12.6. The zero-order chi connectivity index (χ0) is 26.0. The van der Waals surface area contributed by atoms with Crippen molar-refractivity contribution >= 4 is 18.0 Å². The van der Waals surface area contributed by atoms with Crippen LogP contribution in [0.2, 0.25) is 0 Å². The quantitative estimate of drug-likeness (QED) is 0.497. The number of benzene rings is 2. The molecule has 2 N–H and O–H groups in total. The summed E-state index contributed by atoms with van der Waals surface area (Å²) in [5.41, 5.74) is 0.658. The van der Waals surface area contributed by atoms with E-state index in [2.05, 4.69) is 10.6 Å². The zero-order valence-corrected chi connectivity index (χ0v) is 21.0. The van der Waals surface area contributed by atoms with Crippen LogP contribution in [0, 0.1) is 0 Å². The third-order valence-corrected chi connectivity index (χ3v) is 5.04. The average Bonchev–Trinajstić information content (AvgIpc) is 2.82. The molecule has 0 radical (unpaired) electrons. The van der Waals surface area contributed by atoms with E-state index in [1.165, 1.54) is 21.3 Å². The smallest absolute Gasteiger partial charge is 0.408 e. The van der Waals surface area contributed by atoms with Gasteiger partial charge in [-0.05, 0) is 44.0 Å². The second-order valence-corrected chi connectivity index (χ2v) is 8.82. The molecule has 2 rings (SSSR count). The molecule has 0 fully saturated rings. The summed E-state index contributed by atoms with van der Waals surface area (Å²) in [5, 5.41) is 5.33. The molecule has 0 aromatic heterocycles. The third-order valence-electron chi connectivity index (χ3n) is 5.04. The molecule has 0 saturated heterocycles. The molecular weight excluding hydrogens is 452 g/mol. The molecule has 9 nitrogen and oxygen atoms in total. The Bertz CT molecular complexity index is 1020. The van der Waals surface area contributed by atoms with Gasteiger partial charge in [-0.25, -0.2) is 9.59 Å². The zero-order valence-electron chi connectivity index (χ0n) is 21.0. The number of nitrogens with one attached hydrogen (secondary N) is 2. The molecule has 9 heteroatoms. The molecule has 0 spiro atoms. The van der Waals surface area contributed by atoms with E-state index in [0.29, 0.717) is 22.6 Å². The number of hydrogen-bond acceptors (Lipinski definition) is 7. The first kappa shape index (κ1) is 27.5. The average molecular weight is 487 g/mol. The Labute approximate surface area is 206 Å². The van der Waals surface area contributed by atoms with Crippen LogP contribution in [-0.2, 0) is 31.9 Å². The fraction of sp³-hybridized carbons (Fsp3) is 0.423. The molecule has 2 aromatic carbocycles. The molecule has 0 bridgehead atoms. The minimum Gasteiger partial charge on any atom is -0.496 e. The SMILES string of the molecule is COC(=O)[C@H](Cc1ccccc1OC)NC(=O)[C@H](Cc1ccccc1OC)NC(=O)OC(C)(C)C. The van der Waals surface area contributed by atoms with Crippen molar-refractivity contribution in [2.45, 2.75) is 51.3 Å². The van der Waals surface area contributed by atoms with Crippen molar-refractivity contribution in [2.24, 2.45) is 0 Å². The lowest BCUT2D eigenvalue weighted by Crippen LogP contribution is -2.54. The second-order valence-electron chi connectivity index (χ2n) is 8.82. The van der Waals surface area contributed by atoms with E-state index in [4.69, 9.17) is 18.9 Å². The summed E-state index contributed by atoms with van der Waals surface area (Å²) < 4.78 is 21.0. The first-order chi connectivity index (χ1) is 16.6. The molecule has 2 atom stereocenters. The maximum atomic E-state index is 13.4. The first-order valence-corrected chi connectivity index (χ1v) is 11.2. The molecular formula is C26H34N2O7. The minimum absolute atomic E-state index is 0.109. The maximum absolute atomic E-state index is 13.4. The van der Waals surface area contributed by atoms with E-state index < -0.39 is 35.7 Å². The first-order valence-electron chi connectivity index (χ1n) is 11.2. The number of carbonyl (C=O) groups is 3. The molecule has 190 valence electrons. The van der Waals surface area contributed by atoms with Gasteiger partial charge in [0.1, 0.15) is 29.2 Å². The lowest BCUT2D eigenvalue weighted by Gasteiger charge is -2.25. The van der Waals surface area contributed by atoms with Crippen molar-refractivity contribution in [3.05, 3.63) is 59.7 Å². The number of rotatable bonds is 10. The lowest BCUT2D eigenvalue weighted by atomic mass is 10.0. The predicted octanol–water partition coefficient (Wildman–Crippen LogP) is 3.04. The van der Waals surface area contributed by atoms with Gasteiger partial charge in [0.05, 0.1) is 21.3 Å². The highest BCUT2D eigenvalue weighted by atomic mass is 16.6. The summed E-state index contributed by atoms with van der Waals surface area (Å²) in [5.74, 6) is -0.0624. The summed E-state index contributed by atoms with van der Waals surface area (Å²) in [6.07, 6.45) is -0.514. The molecule has 2 aromatic rings. The van der Waals surface area contributed by atoms with Crippen LogP contribution < -0.4 is 20.1 Å². The minimum atomic E-state index is -1.05. The van der Waals surface area contributed by atoms with Crippen LogP contribution in [0.3, 0.4) is 0 Å². The van der Waals surface area contributed by atoms with Crippen LogP contribution >= 0.6 is 0 Å². The van der Waals surface area contributed by atoms with E-state index in [1.54, 1.807) is 57.2 Å². The topological polar surface area (TPSA) is 112 Å². The van der Waals surface area contributed by atoms with Crippen LogP contribution in [-0.4, -0.2) is 57.0 Å². The van der Waals surface area contributed by atoms with Gasteiger partial charge in [-0.2, -0.15) is 0 Å². The van der Waals surface area contributed by atoms with E-state index in [0.717, 1.165) is 0 Å². The van der Waals surface area contributed by atoms with Gasteiger partial charge in [0.15, 0.2) is 0 Å². The fourth-order valence-electron chi connectivity index (χ4n) is 3.45. The van der Waals surface area contributed by atoms with Crippen LogP contribution in [0.15, 0.2) is 48.5 Å². The third kappa shape index (κ3) is 8.51. The van der Waals surface area contributed by atoms with Crippen LogP contribution in [0.25, 0.3) is 0 Å². The maximum Gasteiger partial charge on any atom is 0.408 e. The summed E-state index contributed by atoms with van der Waals surface area (Å²) in [6.45, 7) is 5.17. The van der Waals surface area contributed by atoms with Gasteiger partial charge in [0.2, 0.25) is 5.91 Å². The van der Waals surface area contributed by atoms with E-state index in [-0.39, 0.29) is 12.8 Å². The highest BCUT2D eigenvalue weighted by molar-refractivity contribution is 5.90. The van der Waals surface area contributed by atoms with Crippen molar-refractivity contribution < 1.29 is 33.3 Å². The van der Waals surface area contributed by atoms with Gasteiger partial charge in [-0.15, -0.1) is 0 Å². The van der Waals surface area contributed by atoms with Gasteiger partial charge in [0.25, 0.3) is 0 Å². The number of para-hydroxylation sites is 2. The lowest BCUT2D eigenvalue weighted by molar-refractivity contribution is -0.145. The fourth-order valence-corrected chi connectivity index (χ4v) is 3.45. The summed E-state index contributed by atoms with van der Waals surface area (Å²) in [7, 11) is 4.29. The van der Waals surface area contributed by atoms with Gasteiger partial charge < -0.3 is 29.6 Å². The molecule has 0 saturated carbocycles. The van der Waals surface area contributed by atoms with Crippen molar-refractivity contribution in [1.29, 1.82) is 0 Å². The Morgan fingerprint density at radius 1 is 0.771 bits per heavy atom. The number of alkyl carbamates (subject to hydrolysis) is 1. The van der Waals surface area contributed by atoms with Gasteiger partial charge in [-0.1, -0.05) is 36.4 Å². The molecule has 0 aliphatic heterocycles. The Morgan fingerprint density at radius 3 is 1.71 bits per heavy atom. The molecule has 2 amide bonds. The number of hydrogen-bond donors (Lipinski definition) is 2. The van der Waals surface area contributed by atoms with Crippen LogP contribution in [0.4, 0.5) is 4.79 Å². The van der Waals surface area contributed by atoms with Gasteiger partial charge >= 0.3 is 12.1 Å². The van der Waals surface area contributed by atoms with Crippen LogP contribution in [0.5, 0.6) is 11.5 Å². The Kier molecular flexibility index (Phi) is 9.93. The van der Waals surface area contributed by atoms with Crippen molar-refractivity contribution in [3.63, 3.8) is 0 Å². The van der Waals surface area contributed by atoms with Crippen molar-refractivity contribution in [3.8, 4) is 11.5 Å². The number of ether oxygens (including phenoxy) is 4. The Morgan fingerprint density at radius 2 is 1.26 bits per heavy atom. The Hall–Kier alpha value is -3.75. The molecule has 0 unspecified atom stereocenters. The van der Waals surface area contributed by atoms with Crippen LogP contribution in [0.1, 0.15) is 31.9 Å². The highest BCUT2D eigenvalue weighted by Crippen LogP contribution is 2.21. The molecule has 35 heavy (non-hydrogen) atoms. The summed E-state index contributed by atoms with van der Waals surface area (Å²) in [4.78, 5) is 38.4. The van der Waals surface area contributed by atoms with Crippen molar-refractivity contribution in [1.82, 2.24) is 10.6 Å².